The van der Waals surface area contributed by atoms with Crippen molar-refractivity contribution in [3.63, 3.8) is 0 Å². The molecule has 1 aliphatic carbocycles. The number of fused-ring (bicyclic) bond motifs is 2. The number of rotatable bonds is 4. The third-order valence-corrected chi connectivity index (χ3v) is 6.47. The number of aromatic nitrogens is 3. The summed E-state index contributed by atoms with van der Waals surface area (Å²) < 4.78 is 0. The van der Waals surface area contributed by atoms with Gasteiger partial charge in [0.05, 0.1) is 16.6 Å². The first-order valence-corrected chi connectivity index (χ1v) is 11.4. The van der Waals surface area contributed by atoms with Gasteiger partial charge in [-0.2, -0.15) is 0 Å². The van der Waals surface area contributed by atoms with Crippen LogP contribution in [0.2, 0.25) is 0 Å². The SMILES string of the molecule is O=c1[nH]c2cccccc-2c1-c1nc2ccc(N3CCN(Cc4ccccc4)CC3)cc2[nH]1. The molecular weight excluding hydrogens is 410 g/mol. The van der Waals surface area contributed by atoms with Crippen molar-refractivity contribution in [3.8, 4) is 22.6 Å². The number of hydrogen-bond donors (Lipinski definition) is 2. The van der Waals surface area contributed by atoms with Crippen LogP contribution in [0.5, 0.6) is 0 Å². The lowest BCUT2D eigenvalue weighted by Crippen LogP contribution is -2.45. The highest BCUT2D eigenvalue weighted by Crippen LogP contribution is 2.30. The number of hydrogen-bond acceptors (Lipinski definition) is 4. The molecule has 0 unspecified atom stereocenters. The van der Waals surface area contributed by atoms with Gasteiger partial charge in [-0.25, -0.2) is 4.98 Å². The molecule has 164 valence electrons. The Morgan fingerprint density at radius 2 is 1.58 bits per heavy atom. The maximum atomic E-state index is 12.7. The number of benzene rings is 2. The van der Waals surface area contributed by atoms with E-state index in [0.29, 0.717) is 11.4 Å². The molecule has 0 saturated carbocycles. The molecule has 2 aliphatic heterocycles. The number of imidazole rings is 1. The number of anilines is 1. The van der Waals surface area contributed by atoms with Gasteiger partial charge in [0.2, 0.25) is 0 Å². The van der Waals surface area contributed by atoms with Crippen LogP contribution in [0.1, 0.15) is 5.56 Å². The molecule has 2 aromatic carbocycles. The molecule has 6 rings (SSSR count). The number of aromatic amines is 2. The highest BCUT2D eigenvalue weighted by Gasteiger charge is 2.20. The molecule has 1 saturated heterocycles. The Bertz CT molecular complexity index is 1430. The van der Waals surface area contributed by atoms with Crippen molar-refractivity contribution in [1.29, 1.82) is 0 Å². The molecule has 0 atom stereocenters. The molecule has 2 N–H and O–H groups in total. The molecular formula is C27H25N5O. The summed E-state index contributed by atoms with van der Waals surface area (Å²) in [5.41, 5.74) is 6.52. The van der Waals surface area contributed by atoms with Crippen molar-refractivity contribution in [2.75, 3.05) is 31.1 Å². The average Bonchev–Trinajstić information content (AvgIpc) is 3.31. The van der Waals surface area contributed by atoms with Gasteiger partial charge in [0, 0.05) is 49.7 Å². The van der Waals surface area contributed by atoms with Gasteiger partial charge in [-0.15, -0.1) is 0 Å². The predicted molar refractivity (Wildman–Crippen MR) is 133 cm³/mol. The number of nitrogens with one attached hydrogen (secondary N) is 2. The minimum absolute atomic E-state index is 0.120. The summed E-state index contributed by atoms with van der Waals surface area (Å²) in [5, 5.41) is 0. The minimum atomic E-state index is -0.120. The van der Waals surface area contributed by atoms with Gasteiger partial charge in [-0.1, -0.05) is 54.6 Å². The van der Waals surface area contributed by atoms with Crippen molar-refractivity contribution in [2.45, 2.75) is 6.54 Å². The van der Waals surface area contributed by atoms with Gasteiger partial charge >= 0.3 is 0 Å². The number of H-pyrrole nitrogens is 2. The van der Waals surface area contributed by atoms with Gasteiger partial charge in [-0.3, -0.25) is 9.69 Å². The fourth-order valence-electron chi connectivity index (χ4n) is 4.74. The van der Waals surface area contributed by atoms with E-state index >= 15 is 0 Å². The monoisotopic (exact) mass is 435 g/mol. The smallest absolute Gasteiger partial charge is 0.260 e. The van der Waals surface area contributed by atoms with Gasteiger partial charge < -0.3 is 14.9 Å². The van der Waals surface area contributed by atoms with E-state index in [1.807, 2.05) is 36.4 Å². The van der Waals surface area contributed by atoms with Crippen LogP contribution >= 0.6 is 0 Å². The van der Waals surface area contributed by atoms with E-state index in [0.717, 1.165) is 55.0 Å². The molecule has 6 nitrogen and oxygen atoms in total. The molecule has 6 heteroatoms. The van der Waals surface area contributed by atoms with Crippen molar-refractivity contribution >= 4 is 16.7 Å². The second-order valence-corrected chi connectivity index (χ2v) is 8.60. The highest BCUT2D eigenvalue weighted by atomic mass is 16.1. The Morgan fingerprint density at radius 3 is 2.39 bits per heavy atom. The summed E-state index contributed by atoms with van der Waals surface area (Å²) in [5.74, 6) is 0.609. The fraction of sp³-hybridized carbons (Fsp3) is 0.185. The molecule has 3 aromatic rings. The van der Waals surface area contributed by atoms with E-state index in [-0.39, 0.29) is 5.56 Å². The van der Waals surface area contributed by atoms with Crippen LogP contribution in [0.3, 0.4) is 0 Å². The quantitative estimate of drug-likeness (QED) is 0.441. The van der Waals surface area contributed by atoms with E-state index in [1.54, 1.807) is 0 Å². The Kier molecular flexibility index (Phi) is 4.92. The van der Waals surface area contributed by atoms with Crippen molar-refractivity contribution < 1.29 is 0 Å². The lowest BCUT2D eigenvalue weighted by atomic mass is 10.1. The molecule has 0 bridgehead atoms. The van der Waals surface area contributed by atoms with Crippen molar-refractivity contribution in [3.05, 3.63) is 94.8 Å². The molecule has 0 radical (unpaired) electrons. The fourth-order valence-corrected chi connectivity index (χ4v) is 4.74. The summed E-state index contributed by atoms with van der Waals surface area (Å²) in [7, 11) is 0. The second-order valence-electron chi connectivity index (χ2n) is 8.60. The second kappa shape index (κ2) is 8.22. The van der Waals surface area contributed by atoms with E-state index in [2.05, 4.69) is 62.2 Å². The normalized spacial score (nSPS) is 14.8. The molecule has 3 aliphatic rings. The molecule has 0 spiro atoms. The molecule has 0 amide bonds. The lowest BCUT2D eigenvalue weighted by Gasteiger charge is -2.36. The third-order valence-electron chi connectivity index (χ3n) is 6.47. The van der Waals surface area contributed by atoms with Crippen LogP contribution < -0.4 is 10.5 Å². The maximum absolute atomic E-state index is 12.7. The first-order valence-electron chi connectivity index (χ1n) is 11.4. The predicted octanol–water partition coefficient (Wildman–Crippen LogP) is 4.35. The van der Waals surface area contributed by atoms with Crippen LogP contribution in [0.15, 0.2) is 83.7 Å². The van der Waals surface area contributed by atoms with Crippen molar-refractivity contribution in [1.82, 2.24) is 19.9 Å². The summed E-state index contributed by atoms with van der Waals surface area (Å²) in [4.78, 5) is 28.7. The lowest BCUT2D eigenvalue weighted by molar-refractivity contribution is 0.250. The summed E-state index contributed by atoms with van der Waals surface area (Å²) in [6, 6.07) is 26.7. The molecule has 1 fully saturated rings. The van der Waals surface area contributed by atoms with Gasteiger partial charge in [0.1, 0.15) is 5.82 Å². The Balaban J connectivity index is 1.23. The molecule has 3 heterocycles. The summed E-state index contributed by atoms with van der Waals surface area (Å²) >= 11 is 0. The minimum Gasteiger partial charge on any atom is -0.369 e. The largest absolute Gasteiger partial charge is 0.369 e. The molecule has 33 heavy (non-hydrogen) atoms. The van der Waals surface area contributed by atoms with Crippen molar-refractivity contribution in [2.24, 2.45) is 0 Å². The Morgan fingerprint density at radius 1 is 0.818 bits per heavy atom. The van der Waals surface area contributed by atoms with E-state index in [9.17, 15) is 4.79 Å². The first kappa shape index (κ1) is 19.8. The standard InChI is InChI=1S/C27H25N5O/c33-27-25(21-9-5-2-6-10-22(21)30-27)26-28-23-12-11-20(17-24(23)29-26)32-15-13-31(14-16-32)18-19-7-3-1-4-8-19/h1-12,17H,13-16,18H2,(H,28,29)(H,30,33). The van der Waals surface area contributed by atoms with Crippen LogP contribution in [0.25, 0.3) is 33.7 Å². The van der Waals surface area contributed by atoms with E-state index < -0.39 is 0 Å². The van der Waals surface area contributed by atoms with Crippen LogP contribution in [-0.4, -0.2) is 46.0 Å². The zero-order valence-corrected chi connectivity index (χ0v) is 18.3. The zero-order valence-electron chi connectivity index (χ0n) is 18.3. The topological polar surface area (TPSA) is 68.0 Å². The first-order chi connectivity index (χ1) is 16.2. The number of piperazine rings is 1. The van der Waals surface area contributed by atoms with Gasteiger partial charge in [-0.05, 0) is 29.8 Å². The van der Waals surface area contributed by atoms with Crippen LogP contribution in [-0.2, 0) is 6.54 Å². The maximum Gasteiger partial charge on any atom is 0.260 e. The van der Waals surface area contributed by atoms with Crippen LogP contribution in [0, 0.1) is 0 Å². The third kappa shape index (κ3) is 3.79. The van der Waals surface area contributed by atoms with E-state index in [1.165, 1.54) is 11.3 Å². The average molecular weight is 436 g/mol. The Labute approximate surface area is 191 Å². The van der Waals surface area contributed by atoms with E-state index in [4.69, 9.17) is 4.98 Å². The van der Waals surface area contributed by atoms with Gasteiger partial charge in [0.15, 0.2) is 0 Å². The van der Waals surface area contributed by atoms with Gasteiger partial charge in [0.25, 0.3) is 5.56 Å². The highest BCUT2D eigenvalue weighted by molar-refractivity contribution is 5.87. The molecule has 1 aromatic heterocycles. The van der Waals surface area contributed by atoms with Crippen LogP contribution in [0.4, 0.5) is 5.69 Å². The summed E-state index contributed by atoms with van der Waals surface area (Å²) in [6.45, 7) is 5.05. The number of nitrogens with zero attached hydrogens (tertiary/aromatic N) is 3. The summed E-state index contributed by atoms with van der Waals surface area (Å²) in [6.07, 6.45) is 0. The zero-order chi connectivity index (χ0) is 22.2. The Hall–Kier alpha value is -3.90.